The van der Waals surface area contributed by atoms with E-state index in [9.17, 15) is 9.59 Å². The largest absolute Gasteiger partial charge is 0.339 e. The minimum absolute atomic E-state index is 0.0415. The zero-order valence-corrected chi connectivity index (χ0v) is 6.33. The molecule has 4 nitrogen and oxygen atoms in total. The minimum Gasteiger partial charge on any atom is -0.339 e. The summed E-state index contributed by atoms with van der Waals surface area (Å²) in [5.41, 5.74) is 0.780. The Morgan fingerprint density at radius 2 is 2.17 bits per heavy atom. The molecular formula is C8H8N2O2. The second-order valence-corrected chi connectivity index (χ2v) is 2.77. The highest BCUT2D eigenvalue weighted by molar-refractivity contribution is 6.36. The van der Waals surface area contributed by atoms with E-state index in [2.05, 4.69) is 10.6 Å². The summed E-state index contributed by atoms with van der Waals surface area (Å²) < 4.78 is 0. The van der Waals surface area contributed by atoms with Gasteiger partial charge in [-0.25, -0.2) is 0 Å². The molecule has 62 valence electrons. The van der Waals surface area contributed by atoms with Gasteiger partial charge in [-0.1, -0.05) is 12.2 Å². The molecule has 1 heterocycles. The average Bonchev–Trinajstić information content (AvgIpc) is 2.07. The number of amides is 2. The van der Waals surface area contributed by atoms with Gasteiger partial charge >= 0.3 is 11.8 Å². The highest BCUT2D eigenvalue weighted by Gasteiger charge is 2.28. The van der Waals surface area contributed by atoms with Crippen LogP contribution in [-0.4, -0.2) is 17.9 Å². The van der Waals surface area contributed by atoms with E-state index in [4.69, 9.17) is 0 Å². The van der Waals surface area contributed by atoms with Gasteiger partial charge in [0.15, 0.2) is 0 Å². The summed E-state index contributed by atoms with van der Waals surface area (Å²) in [5, 5.41) is 5.12. The minimum atomic E-state index is -0.576. The van der Waals surface area contributed by atoms with E-state index < -0.39 is 11.8 Å². The van der Waals surface area contributed by atoms with Gasteiger partial charge in [0.1, 0.15) is 0 Å². The molecular weight excluding hydrogens is 156 g/mol. The van der Waals surface area contributed by atoms with Crippen LogP contribution in [0.25, 0.3) is 0 Å². The summed E-state index contributed by atoms with van der Waals surface area (Å²) in [6.07, 6.45) is 6.36. The van der Waals surface area contributed by atoms with Gasteiger partial charge in [-0.15, -0.1) is 0 Å². The lowest BCUT2D eigenvalue weighted by molar-refractivity contribution is -0.140. The Morgan fingerprint density at radius 1 is 1.33 bits per heavy atom. The topological polar surface area (TPSA) is 58.2 Å². The van der Waals surface area contributed by atoms with Crippen LogP contribution in [0.1, 0.15) is 6.42 Å². The molecule has 2 rings (SSSR count). The summed E-state index contributed by atoms with van der Waals surface area (Å²) in [7, 11) is 0. The molecule has 1 atom stereocenters. The Balaban J connectivity index is 2.25. The maximum Gasteiger partial charge on any atom is 0.313 e. The maximum absolute atomic E-state index is 10.9. The lowest BCUT2D eigenvalue weighted by Gasteiger charge is -2.27. The smallest absolute Gasteiger partial charge is 0.313 e. The van der Waals surface area contributed by atoms with E-state index in [1.807, 2.05) is 12.2 Å². The molecule has 0 aromatic carbocycles. The van der Waals surface area contributed by atoms with Gasteiger partial charge < -0.3 is 10.6 Å². The fraction of sp³-hybridized carbons (Fsp3) is 0.250. The zero-order valence-electron chi connectivity index (χ0n) is 6.33. The van der Waals surface area contributed by atoms with Gasteiger partial charge in [0.25, 0.3) is 0 Å². The first-order chi connectivity index (χ1) is 5.77. The fourth-order valence-electron chi connectivity index (χ4n) is 1.31. The molecule has 2 N–H and O–H groups in total. The Labute approximate surface area is 69.3 Å². The van der Waals surface area contributed by atoms with Crippen molar-refractivity contribution in [2.45, 2.75) is 12.5 Å². The Kier molecular flexibility index (Phi) is 1.46. The van der Waals surface area contributed by atoms with Crippen LogP contribution in [0, 0.1) is 0 Å². The normalized spacial score (nSPS) is 27.0. The van der Waals surface area contributed by atoms with Crippen molar-refractivity contribution in [2.24, 2.45) is 0 Å². The van der Waals surface area contributed by atoms with Crippen molar-refractivity contribution < 1.29 is 9.59 Å². The van der Waals surface area contributed by atoms with Crippen LogP contribution in [0.3, 0.4) is 0 Å². The van der Waals surface area contributed by atoms with Crippen molar-refractivity contribution in [1.82, 2.24) is 10.6 Å². The van der Waals surface area contributed by atoms with Gasteiger partial charge in [0, 0.05) is 5.70 Å². The SMILES string of the molecule is O=C1NC2=CC=CCC2NC1=O. The van der Waals surface area contributed by atoms with E-state index >= 15 is 0 Å². The maximum atomic E-state index is 10.9. The molecule has 0 aromatic heterocycles. The molecule has 0 aromatic rings. The second kappa shape index (κ2) is 2.48. The van der Waals surface area contributed by atoms with E-state index in [0.29, 0.717) is 0 Å². The number of allylic oxidation sites excluding steroid dienone is 2. The van der Waals surface area contributed by atoms with Crippen LogP contribution < -0.4 is 10.6 Å². The van der Waals surface area contributed by atoms with E-state index in [-0.39, 0.29) is 6.04 Å². The summed E-state index contributed by atoms with van der Waals surface area (Å²) in [6, 6.07) is -0.0415. The first-order valence-electron chi connectivity index (χ1n) is 3.76. The summed E-state index contributed by atoms with van der Waals surface area (Å²) in [4.78, 5) is 21.7. The van der Waals surface area contributed by atoms with Crippen molar-refractivity contribution in [2.75, 3.05) is 0 Å². The van der Waals surface area contributed by atoms with Crippen LogP contribution in [0.5, 0.6) is 0 Å². The van der Waals surface area contributed by atoms with Crippen molar-refractivity contribution in [3.63, 3.8) is 0 Å². The molecule has 2 aliphatic rings. The number of carbonyl (C=O) groups is 2. The molecule has 4 heteroatoms. The lowest BCUT2D eigenvalue weighted by atomic mass is 10.0. The predicted octanol–water partition coefficient (Wildman–Crippen LogP) is -0.555. The van der Waals surface area contributed by atoms with Gasteiger partial charge in [-0.05, 0) is 12.5 Å². The Hall–Kier alpha value is -1.58. The molecule has 0 spiro atoms. The van der Waals surface area contributed by atoms with Gasteiger partial charge in [0.05, 0.1) is 6.04 Å². The van der Waals surface area contributed by atoms with E-state index in [1.165, 1.54) is 0 Å². The van der Waals surface area contributed by atoms with Crippen LogP contribution in [0.2, 0.25) is 0 Å². The van der Waals surface area contributed by atoms with Crippen LogP contribution in [-0.2, 0) is 9.59 Å². The Bertz CT molecular complexity index is 304. The number of carbonyl (C=O) groups excluding carboxylic acids is 2. The summed E-state index contributed by atoms with van der Waals surface area (Å²) in [6.45, 7) is 0. The summed E-state index contributed by atoms with van der Waals surface area (Å²) in [5.74, 6) is -1.12. The van der Waals surface area contributed by atoms with Crippen LogP contribution >= 0.6 is 0 Å². The van der Waals surface area contributed by atoms with Crippen molar-refractivity contribution >= 4 is 11.8 Å². The van der Waals surface area contributed by atoms with E-state index in [0.717, 1.165) is 12.1 Å². The number of hydrogen-bond acceptors (Lipinski definition) is 2. The molecule has 0 bridgehead atoms. The number of rotatable bonds is 0. The first kappa shape index (κ1) is 7.09. The average molecular weight is 164 g/mol. The number of piperazine rings is 1. The third kappa shape index (κ3) is 1.01. The van der Waals surface area contributed by atoms with Crippen molar-refractivity contribution in [3.8, 4) is 0 Å². The first-order valence-corrected chi connectivity index (χ1v) is 3.76. The van der Waals surface area contributed by atoms with Crippen molar-refractivity contribution in [3.05, 3.63) is 23.9 Å². The highest BCUT2D eigenvalue weighted by atomic mass is 16.2. The molecule has 12 heavy (non-hydrogen) atoms. The molecule has 0 radical (unpaired) electrons. The third-order valence-electron chi connectivity index (χ3n) is 1.93. The van der Waals surface area contributed by atoms with Gasteiger partial charge in [-0.3, -0.25) is 9.59 Å². The Morgan fingerprint density at radius 3 is 3.00 bits per heavy atom. The standard InChI is InChI=1S/C8H8N2O2/c11-7-8(12)10-6-4-2-1-3-5(6)9-7/h1-3,6H,4H2,(H,9,11)(H,10,12). The number of fused-ring (bicyclic) bond motifs is 1. The number of nitrogens with one attached hydrogen (secondary N) is 2. The lowest BCUT2D eigenvalue weighted by Crippen LogP contribution is -2.54. The molecule has 1 fully saturated rings. The third-order valence-corrected chi connectivity index (χ3v) is 1.93. The quantitative estimate of drug-likeness (QED) is 0.472. The molecule has 0 saturated carbocycles. The monoisotopic (exact) mass is 164 g/mol. The fourth-order valence-corrected chi connectivity index (χ4v) is 1.31. The van der Waals surface area contributed by atoms with Gasteiger partial charge in [0.2, 0.25) is 0 Å². The van der Waals surface area contributed by atoms with Crippen molar-refractivity contribution in [1.29, 1.82) is 0 Å². The predicted molar refractivity (Wildman–Crippen MR) is 41.9 cm³/mol. The number of hydrogen-bond donors (Lipinski definition) is 2. The van der Waals surface area contributed by atoms with Crippen LogP contribution in [0.15, 0.2) is 23.9 Å². The van der Waals surface area contributed by atoms with Gasteiger partial charge in [-0.2, -0.15) is 0 Å². The zero-order chi connectivity index (χ0) is 8.55. The molecule has 2 amide bonds. The molecule has 1 saturated heterocycles. The second-order valence-electron chi connectivity index (χ2n) is 2.77. The molecule has 1 aliphatic carbocycles. The van der Waals surface area contributed by atoms with E-state index in [1.54, 1.807) is 6.08 Å². The highest BCUT2D eigenvalue weighted by Crippen LogP contribution is 2.12. The van der Waals surface area contributed by atoms with Crippen LogP contribution in [0.4, 0.5) is 0 Å². The molecule has 1 unspecified atom stereocenters. The molecule has 1 aliphatic heterocycles. The summed E-state index contributed by atoms with van der Waals surface area (Å²) >= 11 is 0.